The van der Waals surface area contributed by atoms with E-state index in [1.807, 2.05) is 121 Å². The van der Waals surface area contributed by atoms with Crippen molar-refractivity contribution in [2.75, 3.05) is 0 Å². The van der Waals surface area contributed by atoms with E-state index in [1.165, 1.54) is 0 Å². The first-order chi connectivity index (χ1) is 40.6. The molecule has 13 heteroatoms. The summed E-state index contributed by atoms with van der Waals surface area (Å²) in [5.74, 6) is 2.69. The Morgan fingerprint density at radius 2 is 0.732 bits per heavy atom. The molecule has 0 spiro atoms. The van der Waals surface area contributed by atoms with Gasteiger partial charge in [0.2, 0.25) is 11.8 Å². The molecular weight excluding hydrogens is 1010 g/mol. The van der Waals surface area contributed by atoms with E-state index in [-0.39, 0.29) is 0 Å². The molecule has 382 valence electrons. The van der Waals surface area contributed by atoms with Crippen LogP contribution >= 0.6 is 0 Å². The van der Waals surface area contributed by atoms with Crippen molar-refractivity contribution in [1.29, 1.82) is 0 Å². The van der Waals surface area contributed by atoms with Crippen LogP contribution in [0.2, 0.25) is 0 Å². The van der Waals surface area contributed by atoms with E-state index < -0.39 is 0 Å². The Bertz CT molecular complexity index is 4990. The Hall–Kier alpha value is -11.6. The van der Waals surface area contributed by atoms with Gasteiger partial charge in [-0.25, -0.2) is 44.9 Å². The largest absolute Gasteiger partial charge is 0.292 e. The molecule has 0 unspecified atom stereocenters. The van der Waals surface area contributed by atoms with Crippen LogP contribution in [-0.4, -0.2) is 64.0 Å². The number of aromatic nitrogens is 13. The number of hydrogen-bond acceptors (Lipinski definition) is 11. The van der Waals surface area contributed by atoms with E-state index in [9.17, 15) is 0 Å². The zero-order valence-electron chi connectivity index (χ0n) is 43.5. The molecule has 0 saturated heterocycles. The summed E-state index contributed by atoms with van der Waals surface area (Å²) in [4.78, 5) is 56.1. The lowest BCUT2D eigenvalue weighted by molar-refractivity contribution is 0.981. The molecule has 7 aromatic carbocycles. The van der Waals surface area contributed by atoms with E-state index in [1.54, 1.807) is 18.6 Å². The highest BCUT2D eigenvalue weighted by molar-refractivity contribution is 6.23. The summed E-state index contributed by atoms with van der Waals surface area (Å²) in [6.45, 7) is 0. The molecule has 16 rings (SSSR count). The van der Waals surface area contributed by atoms with Crippen LogP contribution in [0.4, 0.5) is 0 Å². The van der Waals surface area contributed by atoms with Crippen LogP contribution in [0.3, 0.4) is 0 Å². The van der Waals surface area contributed by atoms with Gasteiger partial charge in [0, 0.05) is 51.3 Å². The third-order valence-corrected chi connectivity index (χ3v) is 15.0. The lowest BCUT2D eigenvalue weighted by Gasteiger charge is -2.14. The molecule has 0 saturated carbocycles. The molecule has 16 aromatic rings. The SMILES string of the molecule is c1ccc(-c2cccc(-c3nc(-c4cccc(-c5ccccc5)c4)nc(-c4nccc(-n5c6ccccc6c6ccc7c8ccccc8n(-c8nc(-c9ccc%10ncccc%10n9)cc(-c9ccc%10ncccc%10n9)n8)c7c65)n4)n3)c2)cc1. The Morgan fingerprint density at radius 3 is 1.30 bits per heavy atom. The number of hydrogen-bond donors (Lipinski definition) is 0. The number of nitrogens with zero attached hydrogens (tertiary/aromatic N) is 13. The standard InChI is InChI=1S/C69H41N13/c1-3-15-42(16-4-1)44-19-11-21-46(39-44)65-78-66(47-22-12-20-45(40-47)43-17-5-2-6-18-43)80-68(79-65)67-72-38-35-62(77-67)81-60-27-9-7-23-48(60)50-29-30-51-49-24-8-10-28-61(49)82(64(51)63(50)81)69-75-58(56-33-31-52-54(73-56)25-13-36-70-52)41-59(76-69)57-34-32-53-55(74-57)26-14-37-71-53/h1-41H. The molecule has 0 N–H and O–H groups in total. The van der Waals surface area contributed by atoms with Crippen LogP contribution in [0.15, 0.2) is 249 Å². The van der Waals surface area contributed by atoms with Gasteiger partial charge in [0.1, 0.15) is 5.82 Å². The molecule has 0 bridgehead atoms. The summed E-state index contributed by atoms with van der Waals surface area (Å²) in [5, 5.41) is 4.08. The lowest BCUT2D eigenvalue weighted by Crippen LogP contribution is -2.07. The van der Waals surface area contributed by atoms with Crippen molar-refractivity contribution < 1.29 is 0 Å². The maximum absolute atomic E-state index is 5.44. The molecule has 9 heterocycles. The Kier molecular flexibility index (Phi) is 10.8. The van der Waals surface area contributed by atoms with Crippen LogP contribution in [0, 0.1) is 0 Å². The Morgan fingerprint density at radius 1 is 0.244 bits per heavy atom. The molecule has 82 heavy (non-hydrogen) atoms. The maximum Gasteiger partial charge on any atom is 0.235 e. The van der Waals surface area contributed by atoms with Gasteiger partial charge in [0.15, 0.2) is 17.5 Å². The van der Waals surface area contributed by atoms with E-state index >= 15 is 0 Å². The average Bonchev–Trinajstić information content (AvgIpc) is 4.25. The monoisotopic (exact) mass is 1050 g/mol. The third kappa shape index (κ3) is 7.98. The normalized spacial score (nSPS) is 11.7. The summed E-state index contributed by atoms with van der Waals surface area (Å²) in [7, 11) is 0. The molecule has 0 fully saturated rings. The maximum atomic E-state index is 5.44. The highest BCUT2D eigenvalue weighted by Gasteiger charge is 2.25. The second-order valence-corrected chi connectivity index (χ2v) is 19.9. The zero-order valence-corrected chi connectivity index (χ0v) is 43.5. The number of pyridine rings is 4. The highest BCUT2D eigenvalue weighted by atomic mass is 15.2. The first kappa shape index (κ1) is 46.5. The van der Waals surface area contributed by atoms with Crippen LogP contribution in [0.1, 0.15) is 0 Å². The summed E-state index contributed by atoms with van der Waals surface area (Å²) >= 11 is 0. The Labute approximate surface area is 467 Å². The third-order valence-electron chi connectivity index (χ3n) is 15.0. The molecule has 0 atom stereocenters. The summed E-state index contributed by atoms with van der Waals surface area (Å²) in [6.07, 6.45) is 5.32. The minimum atomic E-state index is 0.325. The number of rotatable bonds is 9. The molecule has 9 aromatic heterocycles. The molecule has 0 radical (unpaired) electrons. The smallest absolute Gasteiger partial charge is 0.235 e. The zero-order chi connectivity index (χ0) is 54.1. The first-order valence-electron chi connectivity index (χ1n) is 26.8. The fraction of sp³-hybridized carbons (Fsp3) is 0. The van der Waals surface area contributed by atoms with Crippen molar-refractivity contribution in [3.63, 3.8) is 0 Å². The molecule has 0 amide bonds. The van der Waals surface area contributed by atoms with Crippen LogP contribution in [0.5, 0.6) is 0 Å². The second kappa shape index (κ2) is 19.1. The van der Waals surface area contributed by atoms with Gasteiger partial charge in [-0.2, -0.15) is 0 Å². The van der Waals surface area contributed by atoms with Crippen molar-refractivity contribution in [3.8, 4) is 91.2 Å². The molecule has 13 nitrogen and oxygen atoms in total. The van der Waals surface area contributed by atoms with E-state index in [0.717, 1.165) is 99.1 Å². The fourth-order valence-corrected chi connectivity index (χ4v) is 11.2. The topological polar surface area (TPSA) is 152 Å². The van der Waals surface area contributed by atoms with E-state index in [0.29, 0.717) is 57.8 Å². The van der Waals surface area contributed by atoms with Crippen molar-refractivity contribution >= 4 is 65.7 Å². The predicted molar refractivity (Wildman–Crippen MR) is 324 cm³/mol. The fourth-order valence-electron chi connectivity index (χ4n) is 11.2. The summed E-state index contributed by atoms with van der Waals surface area (Å²) in [5.41, 5.74) is 15.2. The van der Waals surface area contributed by atoms with Crippen LogP contribution in [0.25, 0.3) is 157 Å². The average molecular weight is 1050 g/mol. The molecule has 0 aliphatic carbocycles. The van der Waals surface area contributed by atoms with E-state index in [2.05, 4.69) is 128 Å². The molecule has 0 aliphatic rings. The lowest BCUT2D eigenvalue weighted by atomic mass is 10.0. The summed E-state index contributed by atoms with van der Waals surface area (Å²) in [6, 6.07) is 77.9. The number of fused-ring (bicyclic) bond motifs is 9. The predicted octanol–water partition coefficient (Wildman–Crippen LogP) is 15.2. The summed E-state index contributed by atoms with van der Waals surface area (Å²) < 4.78 is 4.38. The van der Waals surface area contributed by atoms with Crippen molar-refractivity contribution in [1.82, 2.24) is 64.0 Å². The minimum absolute atomic E-state index is 0.325. The van der Waals surface area contributed by atoms with Gasteiger partial charge >= 0.3 is 0 Å². The highest BCUT2D eigenvalue weighted by Crippen LogP contribution is 2.42. The van der Waals surface area contributed by atoms with E-state index in [4.69, 9.17) is 44.9 Å². The van der Waals surface area contributed by atoms with Gasteiger partial charge in [-0.15, -0.1) is 0 Å². The van der Waals surface area contributed by atoms with Gasteiger partial charge in [0.05, 0.1) is 66.9 Å². The Balaban J connectivity index is 0.927. The van der Waals surface area contributed by atoms with Crippen LogP contribution in [-0.2, 0) is 0 Å². The van der Waals surface area contributed by atoms with Gasteiger partial charge in [-0.3, -0.25) is 19.1 Å². The molecular formula is C69H41N13. The molecule has 0 aliphatic heterocycles. The van der Waals surface area contributed by atoms with Gasteiger partial charge in [-0.05, 0) is 107 Å². The van der Waals surface area contributed by atoms with Gasteiger partial charge in [0.25, 0.3) is 0 Å². The van der Waals surface area contributed by atoms with Crippen molar-refractivity contribution in [3.05, 3.63) is 249 Å². The van der Waals surface area contributed by atoms with Gasteiger partial charge < -0.3 is 0 Å². The van der Waals surface area contributed by atoms with Crippen molar-refractivity contribution in [2.45, 2.75) is 0 Å². The number of benzene rings is 7. The van der Waals surface area contributed by atoms with Gasteiger partial charge in [-0.1, -0.05) is 146 Å². The van der Waals surface area contributed by atoms with Crippen molar-refractivity contribution in [2.24, 2.45) is 0 Å². The first-order valence-corrected chi connectivity index (χ1v) is 26.8. The quantitative estimate of drug-likeness (QED) is 0.136. The minimum Gasteiger partial charge on any atom is -0.292 e. The number of para-hydroxylation sites is 2. The van der Waals surface area contributed by atoms with Crippen LogP contribution < -0.4 is 0 Å². The second-order valence-electron chi connectivity index (χ2n) is 19.9.